The molecule has 1 aromatic carbocycles. The van der Waals surface area contributed by atoms with Crippen molar-refractivity contribution < 1.29 is 8.81 Å². The molecule has 2 aromatic rings. The molecule has 0 spiro atoms. The second-order valence-corrected chi connectivity index (χ2v) is 7.40. The maximum absolute atomic E-state index is 13.4. The Morgan fingerprint density at radius 1 is 1.27 bits per heavy atom. The Hall–Kier alpha value is -2.08. The summed E-state index contributed by atoms with van der Waals surface area (Å²) in [6, 6.07) is 5.95. The molecule has 0 unspecified atom stereocenters. The van der Waals surface area contributed by atoms with Gasteiger partial charge in [-0.3, -0.25) is 4.99 Å². The van der Waals surface area contributed by atoms with E-state index in [0.29, 0.717) is 12.6 Å². The molecule has 2 heterocycles. The molecule has 2 fully saturated rings. The highest BCUT2D eigenvalue weighted by Gasteiger charge is 2.31. The standard InChI is InChI=1S/C20H27FN4O/c1-13-17-11-14(21)3-6-18(17)26-19(13)12-23-20(22-2)24-15-7-9-25(10-8-15)16-4-5-16/h3,6,11,15-16H,4-5,7-10,12H2,1-2H3,(H2,22,23,24). The maximum Gasteiger partial charge on any atom is 0.191 e. The van der Waals surface area contributed by atoms with Crippen LogP contribution >= 0.6 is 0 Å². The van der Waals surface area contributed by atoms with Crippen LogP contribution in [0.15, 0.2) is 27.6 Å². The van der Waals surface area contributed by atoms with Crippen molar-refractivity contribution >= 4 is 16.9 Å². The summed E-state index contributed by atoms with van der Waals surface area (Å²) in [4.78, 5) is 6.96. The third-order valence-corrected chi connectivity index (χ3v) is 5.57. The van der Waals surface area contributed by atoms with Gasteiger partial charge in [-0.1, -0.05) is 0 Å². The van der Waals surface area contributed by atoms with Gasteiger partial charge in [0.2, 0.25) is 0 Å². The lowest BCUT2D eigenvalue weighted by Gasteiger charge is -2.33. The largest absolute Gasteiger partial charge is 0.459 e. The lowest BCUT2D eigenvalue weighted by atomic mass is 10.1. The van der Waals surface area contributed by atoms with E-state index in [1.807, 2.05) is 6.92 Å². The predicted octanol–water partition coefficient (Wildman–Crippen LogP) is 3.17. The van der Waals surface area contributed by atoms with Gasteiger partial charge in [-0.15, -0.1) is 0 Å². The molecule has 0 amide bonds. The first-order chi connectivity index (χ1) is 12.6. The topological polar surface area (TPSA) is 52.8 Å². The van der Waals surface area contributed by atoms with Crippen molar-refractivity contribution in [2.75, 3.05) is 20.1 Å². The first-order valence-corrected chi connectivity index (χ1v) is 9.53. The Balaban J connectivity index is 1.33. The molecular weight excluding hydrogens is 331 g/mol. The lowest BCUT2D eigenvalue weighted by molar-refractivity contribution is 0.197. The number of piperidine rings is 1. The summed E-state index contributed by atoms with van der Waals surface area (Å²) in [7, 11) is 1.79. The highest BCUT2D eigenvalue weighted by atomic mass is 19.1. The minimum atomic E-state index is -0.240. The smallest absolute Gasteiger partial charge is 0.191 e. The van der Waals surface area contributed by atoms with Crippen LogP contribution in [0.2, 0.25) is 0 Å². The molecule has 0 radical (unpaired) electrons. The van der Waals surface area contributed by atoms with Crippen LogP contribution in [0.5, 0.6) is 0 Å². The van der Waals surface area contributed by atoms with Crippen molar-refractivity contribution in [1.82, 2.24) is 15.5 Å². The van der Waals surface area contributed by atoms with Gasteiger partial charge >= 0.3 is 0 Å². The molecule has 5 nitrogen and oxygen atoms in total. The summed E-state index contributed by atoms with van der Waals surface area (Å²) in [6.45, 7) is 4.84. The van der Waals surface area contributed by atoms with Gasteiger partial charge in [-0.25, -0.2) is 4.39 Å². The highest BCUT2D eigenvalue weighted by Crippen LogP contribution is 2.29. The van der Waals surface area contributed by atoms with E-state index in [9.17, 15) is 4.39 Å². The Bertz CT molecular complexity index is 803. The van der Waals surface area contributed by atoms with Crippen LogP contribution in [-0.4, -0.2) is 43.1 Å². The van der Waals surface area contributed by atoms with Crippen molar-refractivity contribution in [1.29, 1.82) is 0 Å². The van der Waals surface area contributed by atoms with Crippen LogP contribution in [0.4, 0.5) is 4.39 Å². The molecule has 2 aliphatic rings. The van der Waals surface area contributed by atoms with Crippen molar-refractivity contribution in [3.8, 4) is 0 Å². The molecule has 26 heavy (non-hydrogen) atoms. The number of aryl methyl sites for hydroxylation is 1. The van der Waals surface area contributed by atoms with Gasteiger partial charge in [-0.05, 0) is 50.8 Å². The van der Waals surface area contributed by atoms with Gasteiger partial charge in [0.1, 0.15) is 17.2 Å². The second-order valence-electron chi connectivity index (χ2n) is 7.40. The number of benzene rings is 1. The van der Waals surface area contributed by atoms with Crippen molar-refractivity contribution in [2.24, 2.45) is 4.99 Å². The molecule has 1 aromatic heterocycles. The summed E-state index contributed by atoms with van der Waals surface area (Å²) < 4.78 is 19.3. The molecule has 0 bridgehead atoms. The summed E-state index contributed by atoms with van der Waals surface area (Å²) in [5.41, 5.74) is 1.69. The van der Waals surface area contributed by atoms with Crippen molar-refractivity contribution in [3.63, 3.8) is 0 Å². The number of fused-ring (bicyclic) bond motifs is 1. The fraction of sp³-hybridized carbons (Fsp3) is 0.550. The van der Waals surface area contributed by atoms with Crippen molar-refractivity contribution in [2.45, 2.75) is 51.2 Å². The monoisotopic (exact) mass is 358 g/mol. The van der Waals surface area contributed by atoms with Crippen LogP contribution in [0.1, 0.15) is 37.0 Å². The molecule has 1 saturated carbocycles. The summed E-state index contributed by atoms with van der Waals surface area (Å²) in [5.74, 6) is 1.37. The fourth-order valence-electron chi connectivity index (χ4n) is 3.81. The zero-order chi connectivity index (χ0) is 18.1. The van der Waals surface area contributed by atoms with E-state index in [-0.39, 0.29) is 5.82 Å². The highest BCUT2D eigenvalue weighted by molar-refractivity contribution is 5.83. The summed E-state index contributed by atoms with van der Waals surface area (Å²) >= 11 is 0. The lowest BCUT2D eigenvalue weighted by Crippen LogP contribution is -2.48. The number of nitrogens with zero attached hydrogens (tertiary/aromatic N) is 2. The van der Waals surface area contributed by atoms with Crippen LogP contribution in [0.25, 0.3) is 11.0 Å². The molecule has 0 atom stereocenters. The third kappa shape index (κ3) is 3.70. The van der Waals surface area contributed by atoms with E-state index in [1.165, 1.54) is 38.1 Å². The Labute approximate surface area is 153 Å². The number of hydrogen-bond acceptors (Lipinski definition) is 3. The molecule has 140 valence electrons. The number of nitrogens with one attached hydrogen (secondary N) is 2. The van der Waals surface area contributed by atoms with E-state index in [1.54, 1.807) is 13.1 Å². The van der Waals surface area contributed by atoms with Crippen LogP contribution < -0.4 is 10.6 Å². The van der Waals surface area contributed by atoms with E-state index >= 15 is 0 Å². The summed E-state index contributed by atoms with van der Waals surface area (Å²) in [5, 5.41) is 7.69. The minimum absolute atomic E-state index is 0.240. The molecule has 1 saturated heterocycles. The van der Waals surface area contributed by atoms with Crippen molar-refractivity contribution in [3.05, 3.63) is 35.3 Å². The maximum atomic E-state index is 13.4. The SMILES string of the molecule is CN=C(NCc1oc2ccc(F)cc2c1C)NC1CCN(C2CC2)CC1. The van der Waals surface area contributed by atoms with Crippen LogP contribution in [0.3, 0.4) is 0 Å². The quantitative estimate of drug-likeness (QED) is 0.651. The zero-order valence-corrected chi connectivity index (χ0v) is 15.5. The number of likely N-dealkylation sites (tertiary alicyclic amines) is 1. The predicted molar refractivity (Wildman–Crippen MR) is 102 cm³/mol. The zero-order valence-electron chi connectivity index (χ0n) is 15.5. The Kier molecular flexibility index (Phi) is 4.85. The van der Waals surface area contributed by atoms with Gasteiger partial charge in [0.15, 0.2) is 5.96 Å². The molecule has 4 rings (SSSR count). The van der Waals surface area contributed by atoms with Gasteiger partial charge in [0.25, 0.3) is 0 Å². The summed E-state index contributed by atoms with van der Waals surface area (Å²) in [6.07, 6.45) is 5.06. The van der Waals surface area contributed by atoms with E-state index < -0.39 is 0 Å². The fourth-order valence-corrected chi connectivity index (χ4v) is 3.81. The van der Waals surface area contributed by atoms with Gasteiger partial charge in [0.05, 0.1) is 6.54 Å². The first-order valence-electron chi connectivity index (χ1n) is 9.53. The number of aliphatic imine (C=N–C) groups is 1. The van der Waals surface area contributed by atoms with E-state index in [2.05, 4.69) is 20.5 Å². The number of hydrogen-bond donors (Lipinski definition) is 2. The minimum Gasteiger partial charge on any atom is -0.459 e. The molecule has 6 heteroatoms. The molecular formula is C20H27FN4O. The second kappa shape index (κ2) is 7.27. The van der Waals surface area contributed by atoms with Gasteiger partial charge < -0.3 is 20.0 Å². The Morgan fingerprint density at radius 3 is 2.73 bits per heavy atom. The van der Waals surface area contributed by atoms with Gasteiger partial charge in [-0.2, -0.15) is 0 Å². The van der Waals surface area contributed by atoms with Crippen LogP contribution in [0, 0.1) is 12.7 Å². The number of rotatable bonds is 4. The average molecular weight is 358 g/mol. The van der Waals surface area contributed by atoms with Crippen LogP contribution in [-0.2, 0) is 6.54 Å². The molecule has 1 aliphatic heterocycles. The molecule has 1 aliphatic carbocycles. The first kappa shape index (κ1) is 17.3. The number of furan rings is 1. The number of guanidine groups is 1. The van der Waals surface area contributed by atoms with Gasteiger partial charge in [0, 0.05) is 43.2 Å². The Morgan fingerprint density at radius 2 is 2.04 bits per heavy atom. The average Bonchev–Trinajstić information content (AvgIpc) is 3.45. The van der Waals surface area contributed by atoms with E-state index in [0.717, 1.165) is 47.1 Å². The molecule has 2 N–H and O–H groups in total. The number of halogens is 1. The van der Waals surface area contributed by atoms with E-state index in [4.69, 9.17) is 4.42 Å². The third-order valence-electron chi connectivity index (χ3n) is 5.57. The normalized spacial score (nSPS) is 19.9.